The number of aliphatic hydroxyl groups excluding tert-OH is 10. The highest BCUT2D eigenvalue weighted by Crippen LogP contribution is 1.83. The Labute approximate surface area is 156 Å². The van der Waals surface area contributed by atoms with Crippen molar-refractivity contribution >= 4 is 0 Å². The SMILES string of the molecule is CC(O)CCO.CC(O)CO.OCCCCO.OCCCO.OCCO. The van der Waals surface area contributed by atoms with Gasteiger partial charge in [-0.3, -0.25) is 0 Å². The predicted octanol–water partition coefficient (Wildman–Crippen LogP) is -2.81. The molecule has 0 rings (SSSR count). The van der Waals surface area contributed by atoms with Gasteiger partial charge < -0.3 is 51.1 Å². The van der Waals surface area contributed by atoms with Gasteiger partial charge in [-0.05, 0) is 39.5 Å². The second kappa shape index (κ2) is 44.2. The van der Waals surface area contributed by atoms with Crippen LogP contribution in [0.25, 0.3) is 0 Å². The Bertz CT molecular complexity index is 163. The van der Waals surface area contributed by atoms with Gasteiger partial charge in [0.05, 0.1) is 32.0 Å². The van der Waals surface area contributed by atoms with Crippen LogP contribution in [-0.4, -0.2) is 116 Å². The lowest BCUT2D eigenvalue weighted by atomic mass is 10.3. The molecule has 10 N–H and O–H groups in total. The zero-order valence-corrected chi connectivity index (χ0v) is 16.1. The van der Waals surface area contributed by atoms with Crippen molar-refractivity contribution in [2.45, 2.75) is 51.7 Å². The van der Waals surface area contributed by atoms with Crippen molar-refractivity contribution < 1.29 is 51.1 Å². The van der Waals surface area contributed by atoms with Gasteiger partial charge in [0.2, 0.25) is 0 Å². The van der Waals surface area contributed by atoms with Crippen molar-refractivity contribution in [1.82, 2.24) is 0 Å². The highest BCUT2D eigenvalue weighted by atomic mass is 16.3. The summed E-state index contributed by atoms with van der Waals surface area (Å²) in [5.41, 5.74) is 0. The van der Waals surface area contributed by atoms with E-state index in [1.54, 1.807) is 6.92 Å². The molecule has 0 aliphatic carbocycles. The molecule has 0 spiro atoms. The molecular weight excluding hydrogens is 352 g/mol. The first-order valence-electron chi connectivity index (χ1n) is 8.52. The van der Waals surface area contributed by atoms with Gasteiger partial charge >= 0.3 is 0 Å². The second-order valence-corrected chi connectivity index (χ2v) is 4.80. The first-order valence-corrected chi connectivity index (χ1v) is 8.52. The van der Waals surface area contributed by atoms with Gasteiger partial charge in [-0.1, -0.05) is 0 Å². The lowest BCUT2D eigenvalue weighted by Gasteiger charge is -1.95. The monoisotopic (exact) mass is 394 g/mol. The molecule has 26 heavy (non-hydrogen) atoms. The molecule has 0 amide bonds. The number of unbranched alkanes of at least 4 members (excludes halogenated alkanes) is 1. The Morgan fingerprint density at radius 1 is 0.462 bits per heavy atom. The van der Waals surface area contributed by atoms with Crippen LogP contribution in [0.15, 0.2) is 0 Å². The fourth-order valence-corrected chi connectivity index (χ4v) is 0.481. The zero-order chi connectivity index (χ0) is 21.6. The standard InChI is InChI=1S/2C4H10O2.2C3H8O2.C2H6O2/c1-4(6)2-3-5;5-3-1-2-4-6;1-3(5)2-4;4-2-1-3-5;3-1-2-4/h4-6H,2-3H2,1H3;5-6H,1-4H2;3-5H,2H2,1H3;4-5H,1-3H2;3-4H,1-2H2. The summed E-state index contributed by atoms with van der Waals surface area (Å²) in [7, 11) is 0. The van der Waals surface area contributed by atoms with Crippen LogP contribution < -0.4 is 0 Å². The van der Waals surface area contributed by atoms with Crippen molar-refractivity contribution in [3.05, 3.63) is 0 Å². The van der Waals surface area contributed by atoms with Crippen molar-refractivity contribution in [2.24, 2.45) is 0 Å². The van der Waals surface area contributed by atoms with Crippen LogP contribution in [-0.2, 0) is 0 Å². The summed E-state index contributed by atoms with van der Waals surface area (Å²) in [5.74, 6) is 0. The predicted molar refractivity (Wildman–Crippen MR) is 98.5 cm³/mol. The van der Waals surface area contributed by atoms with Gasteiger partial charge in [0.25, 0.3) is 0 Å². The Balaban J connectivity index is -0.0000000712. The summed E-state index contributed by atoms with van der Waals surface area (Å²) < 4.78 is 0. The summed E-state index contributed by atoms with van der Waals surface area (Å²) >= 11 is 0. The van der Waals surface area contributed by atoms with E-state index in [1.165, 1.54) is 6.92 Å². The normalized spacial score (nSPS) is 11.1. The van der Waals surface area contributed by atoms with Crippen molar-refractivity contribution in [3.63, 3.8) is 0 Å². The van der Waals surface area contributed by atoms with Crippen LogP contribution in [0.4, 0.5) is 0 Å². The van der Waals surface area contributed by atoms with Gasteiger partial charge in [0, 0.05) is 33.0 Å². The highest BCUT2D eigenvalue weighted by Gasteiger charge is 1.88. The van der Waals surface area contributed by atoms with Gasteiger partial charge in [0.15, 0.2) is 0 Å². The van der Waals surface area contributed by atoms with E-state index in [-0.39, 0.29) is 59.0 Å². The number of hydrogen-bond acceptors (Lipinski definition) is 10. The van der Waals surface area contributed by atoms with Crippen LogP contribution in [0, 0.1) is 0 Å². The molecule has 0 aliphatic rings. The third-order valence-electron chi connectivity index (χ3n) is 1.79. The molecule has 2 unspecified atom stereocenters. The topological polar surface area (TPSA) is 202 Å². The molecule has 10 heteroatoms. The summed E-state index contributed by atoms with van der Waals surface area (Å²) in [5, 5.41) is 79.7. The van der Waals surface area contributed by atoms with Crippen molar-refractivity contribution in [1.29, 1.82) is 0 Å². The minimum Gasteiger partial charge on any atom is -0.396 e. The van der Waals surface area contributed by atoms with E-state index in [9.17, 15) is 0 Å². The summed E-state index contributed by atoms with van der Waals surface area (Å²) in [6.07, 6.45) is 1.51. The molecule has 2 atom stereocenters. The van der Waals surface area contributed by atoms with Gasteiger partial charge in [-0.15, -0.1) is 0 Å². The summed E-state index contributed by atoms with van der Waals surface area (Å²) in [6, 6.07) is 0. The smallest absolute Gasteiger partial charge is 0.0742 e. The molecule has 166 valence electrons. The highest BCUT2D eigenvalue weighted by molar-refractivity contribution is 4.40. The van der Waals surface area contributed by atoms with Crippen LogP contribution in [0.2, 0.25) is 0 Å². The average molecular weight is 395 g/mol. The molecular formula is C16H42O10. The molecule has 0 bridgehead atoms. The Morgan fingerprint density at radius 2 is 0.769 bits per heavy atom. The van der Waals surface area contributed by atoms with E-state index in [4.69, 9.17) is 51.1 Å². The van der Waals surface area contributed by atoms with Crippen LogP contribution in [0.1, 0.15) is 39.5 Å². The van der Waals surface area contributed by atoms with E-state index in [1.807, 2.05) is 0 Å². The molecule has 0 aromatic heterocycles. The third kappa shape index (κ3) is 107. The van der Waals surface area contributed by atoms with Gasteiger partial charge in [-0.2, -0.15) is 0 Å². The molecule has 0 radical (unpaired) electrons. The Kier molecular flexibility index (Phi) is 62.1. The molecule has 0 aromatic rings. The number of hydrogen-bond donors (Lipinski definition) is 10. The molecule has 0 heterocycles. The molecule has 0 saturated heterocycles. The largest absolute Gasteiger partial charge is 0.396 e. The molecule has 0 aliphatic heterocycles. The van der Waals surface area contributed by atoms with Crippen LogP contribution >= 0.6 is 0 Å². The Morgan fingerprint density at radius 3 is 0.808 bits per heavy atom. The van der Waals surface area contributed by atoms with Crippen LogP contribution in [0.5, 0.6) is 0 Å². The van der Waals surface area contributed by atoms with Crippen molar-refractivity contribution in [2.75, 3.05) is 52.9 Å². The molecule has 10 nitrogen and oxygen atoms in total. The number of rotatable bonds is 9. The van der Waals surface area contributed by atoms with E-state index >= 15 is 0 Å². The second-order valence-electron chi connectivity index (χ2n) is 4.80. The first kappa shape index (κ1) is 36.5. The Hall–Kier alpha value is -0.400. The maximum Gasteiger partial charge on any atom is 0.0742 e. The van der Waals surface area contributed by atoms with Crippen LogP contribution in [0.3, 0.4) is 0 Å². The van der Waals surface area contributed by atoms with Crippen molar-refractivity contribution in [3.8, 4) is 0 Å². The summed E-state index contributed by atoms with van der Waals surface area (Å²) in [6.45, 7) is 3.45. The first-order chi connectivity index (χ1) is 12.3. The lowest BCUT2D eigenvalue weighted by Crippen LogP contribution is -2.03. The third-order valence-corrected chi connectivity index (χ3v) is 1.79. The minimum atomic E-state index is -0.560. The molecule has 0 saturated carbocycles. The van der Waals surface area contributed by atoms with E-state index < -0.39 is 6.10 Å². The van der Waals surface area contributed by atoms with E-state index in [0.29, 0.717) is 12.8 Å². The van der Waals surface area contributed by atoms with Gasteiger partial charge in [-0.25, -0.2) is 0 Å². The fraction of sp³-hybridized carbons (Fsp3) is 1.00. The fourth-order valence-electron chi connectivity index (χ4n) is 0.481. The number of aliphatic hydroxyl groups is 10. The molecule has 0 aromatic carbocycles. The lowest BCUT2D eigenvalue weighted by molar-refractivity contribution is 0.110. The summed E-state index contributed by atoms with van der Waals surface area (Å²) in [4.78, 5) is 0. The molecule has 0 fully saturated rings. The zero-order valence-electron chi connectivity index (χ0n) is 16.1. The minimum absolute atomic E-state index is 0.0810. The average Bonchev–Trinajstić information content (AvgIpc) is 2.62. The van der Waals surface area contributed by atoms with E-state index in [2.05, 4.69) is 0 Å². The quantitative estimate of drug-likeness (QED) is 0.182. The maximum atomic E-state index is 8.39. The van der Waals surface area contributed by atoms with E-state index in [0.717, 1.165) is 12.8 Å². The van der Waals surface area contributed by atoms with Gasteiger partial charge in [0.1, 0.15) is 0 Å². The maximum absolute atomic E-state index is 8.39.